The van der Waals surface area contributed by atoms with Gasteiger partial charge in [-0.05, 0) is 34.1 Å². The van der Waals surface area contributed by atoms with E-state index >= 15 is 0 Å². The average Bonchev–Trinajstić information content (AvgIpc) is 2.60. The molecule has 2 aromatic rings. The fraction of sp³-hybridized carbons (Fsp3) is 0.526. The second-order valence-electron chi connectivity index (χ2n) is 8.00. The third-order valence-corrected chi connectivity index (χ3v) is 4.28. The lowest BCUT2D eigenvalue weighted by Gasteiger charge is -2.30. The minimum atomic E-state index is -0.531. The number of carbonyl (C=O) groups excluding carboxylic acids is 1. The molecule has 9 nitrogen and oxygen atoms in total. The number of carbonyl (C=O) groups is 1. The predicted molar refractivity (Wildman–Crippen MR) is 104 cm³/mol. The Morgan fingerprint density at radius 3 is 2.75 bits per heavy atom. The van der Waals surface area contributed by atoms with Gasteiger partial charge in [0, 0.05) is 43.6 Å². The third-order valence-electron chi connectivity index (χ3n) is 4.28. The van der Waals surface area contributed by atoms with E-state index < -0.39 is 11.7 Å². The standard InChI is InChI=1S/C19H26N6O3/c1-12(22-18(27)28-19(2,3)4)9-25-6-5-14-15(10-25)23-16(24-17(14)26)13-7-20-11-21-8-13/h7-8,11-12H,5-6,9-10H2,1-4H3,(H,22,27)(H,23,24,26). The Balaban J connectivity index is 1.67. The van der Waals surface area contributed by atoms with E-state index in [1.165, 1.54) is 6.33 Å². The molecule has 1 unspecified atom stereocenters. The van der Waals surface area contributed by atoms with Crippen LogP contribution in [0.5, 0.6) is 0 Å². The highest BCUT2D eigenvalue weighted by molar-refractivity contribution is 5.68. The highest BCUT2D eigenvalue weighted by Crippen LogP contribution is 2.18. The Morgan fingerprint density at radius 2 is 2.07 bits per heavy atom. The zero-order valence-electron chi connectivity index (χ0n) is 16.7. The third kappa shape index (κ3) is 5.13. The Kier molecular flexibility index (Phi) is 5.73. The summed E-state index contributed by atoms with van der Waals surface area (Å²) >= 11 is 0. The van der Waals surface area contributed by atoms with Crippen LogP contribution in [-0.4, -0.2) is 55.7 Å². The minimum Gasteiger partial charge on any atom is -0.444 e. The zero-order chi connectivity index (χ0) is 20.3. The first-order valence-electron chi connectivity index (χ1n) is 9.30. The van der Waals surface area contributed by atoms with Crippen molar-refractivity contribution >= 4 is 6.09 Å². The molecule has 2 N–H and O–H groups in total. The molecule has 28 heavy (non-hydrogen) atoms. The van der Waals surface area contributed by atoms with E-state index in [0.717, 1.165) is 12.2 Å². The van der Waals surface area contributed by atoms with Gasteiger partial charge in [0.05, 0.1) is 11.3 Å². The number of fused-ring (bicyclic) bond motifs is 1. The highest BCUT2D eigenvalue weighted by Gasteiger charge is 2.24. The van der Waals surface area contributed by atoms with Gasteiger partial charge in [-0.3, -0.25) is 9.69 Å². The molecule has 3 heterocycles. The fourth-order valence-electron chi connectivity index (χ4n) is 3.15. The van der Waals surface area contributed by atoms with Crippen LogP contribution in [0.2, 0.25) is 0 Å². The summed E-state index contributed by atoms with van der Waals surface area (Å²) in [6, 6.07) is -0.0969. The Bertz CT molecular complexity index is 891. The van der Waals surface area contributed by atoms with E-state index in [-0.39, 0.29) is 11.6 Å². The van der Waals surface area contributed by atoms with E-state index in [0.29, 0.717) is 36.5 Å². The van der Waals surface area contributed by atoms with E-state index in [1.54, 1.807) is 12.4 Å². The molecule has 0 bridgehead atoms. The summed E-state index contributed by atoms with van der Waals surface area (Å²) in [4.78, 5) is 41.9. The van der Waals surface area contributed by atoms with Crippen LogP contribution in [0, 0.1) is 0 Å². The van der Waals surface area contributed by atoms with Gasteiger partial charge in [0.2, 0.25) is 0 Å². The normalized spacial score (nSPS) is 15.6. The molecule has 1 atom stereocenters. The molecule has 1 amide bonds. The number of ether oxygens (including phenoxy) is 1. The number of hydrogen-bond acceptors (Lipinski definition) is 7. The Labute approximate surface area is 163 Å². The molecular weight excluding hydrogens is 360 g/mol. The number of nitrogens with one attached hydrogen (secondary N) is 2. The van der Waals surface area contributed by atoms with Crippen molar-refractivity contribution in [3.8, 4) is 11.4 Å². The average molecular weight is 386 g/mol. The molecule has 0 spiro atoms. The number of aromatic nitrogens is 4. The maximum absolute atomic E-state index is 12.4. The second kappa shape index (κ2) is 8.05. The number of hydrogen-bond donors (Lipinski definition) is 2. The predicted octanol–water partition coefficient (Wildman–Crippen LogP) is 1.50. The van der Waals surface area contributed by atoms with Gasteiger partial charge in [0.1, 0.15) is 17.8 Å². The first-order chi connectivity index (χ1) is 13.2. The van der Waals surface area contributed by atoms with Gasteiger partial charge in [0.25, 0.3) is 5.56 Å². The fourth-order valence-corrected chi connectivity index (χ4v) is 3.15. The smallest absolute Gasteiger partial charge is 0.407 e. The summed E-state index contributed by atoms with van der Waals surface area (Å²) in [7, 11) is 0. The van der Waals surface area contributed by atoms with Crippen LogP contribution in [0.1, 0.15) is 39.0 Å². The van der Waals surface area contributed by atoms with E-state index in [1.807, 2.05) is 27.7 Å². The summed E-state index contributed by atoms with van der Waals surface area (Å²) in [6.07, 6.45) is 4.85. The number of nitrogens with zero attached hydrogens (tertiary/aromatic N) is 4. The molecule has 0 saturated heterocycles. The maximum Gasteiger partial charge on any atom is 0.407 e. The number of amides is 1. The number of H-pyrrole nitrogens is 1. The minimum absolute atomic E-state index is 0.0969. The second-order valence-corrected chi connectivity index (χ2v) is 8.00. The summed E-state index contributed by atoms with van der Waals surface area (Å²) in [5.41, 5.74) is 1.47. The topological polar surface area (TPSA) is 113 Å². The molecule has 3 rings (SSSR count). The summed E-state index contributed by atoms with van der Waals surface area (Å²) in [5.74, 6) is 0.464. The van der Waals surface area contributed by atoms with Crippen LogP contribution in [0.25, 0.3) is 11.4 Å². The lowest BCUT2D eigenvalue weighted by molar-refractivity contribution is 0.0495. The van der Waals surface area contributed by atoms with Crippen molar-refractivity contribution in [1.29, 1.82) is 0 Å². The van der Waals surface area contributed by atoms with Crippen molar-refractivity contribution in [2.75, 3.05) is 13.1 Å². The summed E-state index contributed by atoms with van der Waals surface area (Å²) in [6.45, 7) is 9.33. The molecular formula is C19H26N6O3. The molecule has 1 aliphatic heterocycles. The largest absolute Gasteiger partial charge is 0.444 e. The van der Waals surface area contributed by atoms with Gasteiger partial charge in [-0.1, -0.05) is 0 Å². The molecule has 0 fully saturated rings. The maximum atomic E-state index is 12.4. The Hall–Kier alpha value is -2.81. The van der Waals surface area contributed by atoms with Gasteiger partial charge >= 0.3 is 6.09 Å². The van der Waals surface area contributed by atoms with E-state index in [4.69, 9.17) is 4.74 Å². The molecule has 1 aliphatic rings. The molecule has 0 saturated carbocycles. The molecule has 2 aromatic heterocycles. The van der Waals surface area contributed by atoms with Crippen LogP contribution in [0.3, 0.4) is 0 Å². The number of alkyl carbamates (subject to hydrolysis) is 1. The first-order valence-corrected chi connectivity index (χ1v) is 9.30. The van der Waals surface area contributed by atoms with Crippen molar-refractivity contribution < 1.29 is 9.53 Å². The van der Waals surface area contributed by atoms with Gasteiger partial charge in [-0.2, -0.15) is 0 Å². The van der Waals surface area contributed by atoms with Crippen molar-refractivity contribution in [2.45, 2.75) is 52.3 Å². The van der Waals surface area contributed by atoms with Crippen LogP contribution in [0.15, 0.2) is 23.5 Å². The van der Waals surface area contributed by atoms with Crippen LogP contribution in [-0.2, 0) is 17.7 Å². The molecule has 9 heteroatoms. The summed E-state index contributed by atoms with van der Waals surface area (Å²) in [5, 5.41) is 2.85. The number of aromatic amines is 1. The highest BCUT2D eigenvalue weighted by atomic mass is 16.6. The first kappa shape index (κ1) is 19.9. The quantitative estimate of drug-likeness (QED) is 0.818. The van der Waals surface area contributed by atoms with Gasteiger partial charge in [-0.25, -0.2) is 19.7 Å². The molecule has 0 radical (unpaired) electrons. The van der Waals surface area contributed by atoms with Gasteiger partial charge in [-0.15, -0.1) is 0 Å². The van der Waals surface area contributed by atoms with Crippen molar-refractivity contribution in [2.24, 2.45) is 0 Å². The van der Waals surface area contributed by atoms with Crippen LogP contribution < -0.4 is 10.9 Å². The van der Waals surface area contributed by atoms with Crippen LogP contribution >= 0.6 is 0 Å². The van der Waals surface area contributed by atoms with E-state index in [9.17, 15) is 9.59 Å². The van der Waals surface area contributed by atoms with Crippen molar-refractivity contribution in [1.82, 2.24) is 30.2 Å². The lowest BCUT2D eigenvalue weighted by Crippen LogP contribution is -2.46. The van der Waals surface area contributed by atoms with E-state index in [2.05, 4.69) is 30.2 Å². The SMILES string of the molecule is CC(CN1CCc2c(nc(-c3cncnc3)[nH]c2=O)C1)NC(=O)OC(C)(C)C. The van der Waals surface area contributed by atoms with Gasteiger partial charge < -0.3 is 15.0 Å². The number of rotatable bonds is 4. The lowest BCUT2D eigenvalue weighted by atomic mass is 10.1. The van der Waals surface area contributed by atoms with Crippen LogP contribution in [0.4, 0.5) is 4.79 Å². The summed E-state index contributed by atoms with van der Waals surface area (Å²) < 4.78 is 5.30. The molecule has 150 valence electrons. The van der Waals surface area contributed by atoms with Crippen molar-refractivity contribution in [3.63, 3.8) is 0 Å². The molecule has 0 aliphatic carbocycles. The monoisotopic (exact) mass is 386 g/mol. The van der Waals surface area contributed by atoms with Gasteiger partial charge in [0.15, 0.2) is 0 Å². The van der Waals surface area contributed by atoms with Crippen molar-refractivity contribution in [3.05, 3.63) is 40.3 Å². The molecule has 0 aromatic carbocycles. The Morgan fingerprint density at radius 1 is 1.36 bits per heavy atom. The zero-order valence-corrected chi connectivity index (χ0v) is 16.7.